The molecule has 1 heterocycles. The summed E-state index contributed by atoms with van der Waals surface area (Å²) in [4.78, 5) is 2.32. The van der Waals surface area contributed by atoms with Crippen LogP contribution >= 0.6 is 15.9 Å². The number of likely N-dealkylation sites (N-methyl/N-ethyl adjacent to an activating group) is 1. The summed E-state index contributed by atoms with van der Waals surface area (Å²) in [6.45, 7) is 3.92. The molecule has 4 heteroatoms. The first-order chi connectivity index (χ1) is 9.08. The van der Waals surface area contributed by atoms with Gasteiger partial charge in [-0.05, 0) is 44.5 Å². The summed E-state index contributed by atoms with van der Waals surface area (Å²) in [6, 6.07) is 8.76. The molecule has 1 fully saturated rings. The van der Waals surface area contributed by atoms with Crippen molar-refractivity contribution in [1.29, 1.82) is 0 Å². The van der Waals surface area contributed by atoms with Crippen molar-refractivity contribution < 1.29 is 4.74 Å². The molecule has 1 aromatic carbocycles. The highest BCUT2D eigenvalue weighted by Gasteiger charge is 2.25. The topological polar surface area (TPSA) is 38.5 Å². The molecule has 0 aromatic heterocycles. The first-order valence-electron chi connectivity index (χ1n) is 6.91. The van der Waals surface area contributed by atoms with Crippen LogP contribution in [0.3, 0.4) is 0 Å². The Morgan fingerprint density at radius 2 is 2.11 bits per heavy atom. The third-order valence-corrected chi connectivity index (χ3v) is 4.23. The van der Waals surface area contributed by atoms with Crippen molar-refractivity contribution in [2.45, 2.75) is 38.0 Å². The zero-order valence-corrected chi connectivity index (χ0v) is 13.3. The molecular weight excluding hydrogens is 304 g/mol. The first kappa shape index (κ1) is 15.0. The number of hydrogen-bond acceptors (Lipinski definition) is 3. The predicted octanol–water partition coefficient (Wildman–Crippen LogP) is 2.95. The predicted molar refractivity (Wildman–Crippen MR) is 82.1 cm³/mol. The SMILES string of the molecule is CC(N)C(c1ccc(Br)cc1)N(C)CC1CCCO1. The van der Waals surface area contributed by atoms with Gasteiger partial charge in [0.25, 0.3) is 0 Å². The van der Waals surface area contributed by atoms with E-state index in [2.05, 4.69) is 59.1 Å². The fourth-order valence-corrected chi connectivity index (χ4v) is 3.11. The Balaban J connectivity index is 2.07. The number of halogens is 1. The van der Waals surface area contributed by atoms with Gasteiger partial charge in [0.1, 0.15) is 0 Å². The number of nitrogens with zero attached hydrogens (tertiary/aromatic N) is 1. The van der Waals surface area contributed by atoms with Crippen LogP contribution in [-0.2, 0) is 4.74 Å². The minimum atomic E-state index is 0.0904. The Morgan fingerprint density at radius 3 is 2.63 bits per heavy atom. The van der Waals surface area contributed by atoms with Gasteiger partial charge < -0.3 is 10.5 Å². The van der Waals surface area contributed by atoms with Crippen LogP contribution in [0.1, 0.15) is 31.4 Å². The van der Waals surface area contributed by atoms with Gasteiger partial charge in [0.15, 0.2) is 0 Å². The highest BCUT2D eigenvalue weighted by atomic mass is 79.9. The summed E-state index contributed by atoms with van der Waals surface area (Å²) in [7, 11) is 2.14. The second kappa shape index (κ2) is 6.84. The van der Waals surface area contributed by atoms with Gasteiger partial charge in [-0.1, -0.05) is 28.1 Å². The first-order valence-corrected chi connectivity index (χ1v) is 7.70. The number of ether oxygens (including phenoxy) is 1. The highest BCUT2D eigenvalue weighted by molar-refractivity contribution is 9.10. The van der Waals surface area contributed by atoms with Gasteiger partial charge in [-0.2, -0.15) is 0 Å². The maximum atomic E-state index is 6.19. The molecule has 0 aliphatic carbocycles. The van der Waals surface area contributed by atoms with E-state index >= 15 is 0 Å². The molecule has 3 unspecified atom stereocenters. The van der Waals surface area contributed by atoms with E-state index in [-0.39, 0.29) is 12.1 Å². The average molecular weight is 327 g/mol. The van der Waals surface area contributed by atoms with Crippen molar-refractivity contribution in [3.8, 4) is 0 Å². The molecule has 0 bridgehead atoms. The maximum absolute atomic E-state index is 6.19. The molecule has 1 aliphatic rings. The lowest BCUT2D eigenvalue weighted by atomic mass is 9.99. The zero-order chi connectivity index (χ0) is 13.8. The van der Waals surface area contributed by atoms with E-state index in [0.717, 1.165) is 24.0 Å². The third kappa shape index (κ3) is 4.02. The third-order valence-electron chi connectivity index (χ3n) is 3.70. The van der Waals surface area contributed by atoms with Crippen molar-refractivity contribution in [3.05, 3.63) is 34.3 Å². The summed E-state index contributed by atoms with van der Waals surface area (Å²) in [5.74, 6) is 0. The molecule has 1 aliphatic heterocycles. The van der Waals surface area contributed by atoms with E-state index in [0.29, 0.717) is 6.10 Å². The lowest BCUT2D eigenvalue weighted by Crippen LogP contribution is -2.40. The molecule has 0 spiro atoms. The average Bonchev–Trinajstić information content (AvgIpc) is 2.84. The van der Waals surface area contributed by atoms with Gasteiger partial charge in [-0.15, -0.1) is 0 Å². The zero-order valence-electron chi connectivity index (χ0n) is 11.7. The van der Waals surface area contributed by atoms with Gasteiger partial charge in [-0.3, -0.25) is 4.90 Å². The Bertz CT molecular complexity index is 388. The fraction of sp³-hybridized carbons (Fsp3) is 0.600. The maximum Gasteiger partial charge on any atom is 0.0702 e. The molecule has 3 atom stereocenters. The van der Waals surface area contributed by atoms with Gasteiger partial charge in [0.2, 0.25) is 0 Å². The summed E-state index contributed by atoms with van der Waals surface area (Å²) >= 11 is 3.47. The van der Waals surface area contributed by atoms with Crippen LogP contribution in [-0.4, -0.2) is 37.2 Å². The molecular formula is C15H23BrN2O. The Kier molecular flexibility index (Phi) is 5.39. The van der Waals surface area contributed by atoms with Crippen LogP contribution in [0, 0.1) is 0 Å². The van der Waals surface area contributed by atoms with E-state index in [1.165, 1.54) is 12.0 Å². The standard InChI is InChI=1S/C15H23BrN2O/c1-11(17)15(12-5-7-13(16)8-6-12)18(2)10-14-4-3-9-19-14/h5-8,11,14-15H,3-4,9-10,17H2,1-2H3. The van der Waals surface area contributed by atoms with Gasteiger partial charge >= 0.3 is 0 Å². The van der Waals surface area contributed by atoms with E-state index in [4.69, 9.17) is 10.5 Å². The fourth-order valence-electron chi connectivity index (χ4n) is 2.84. The Labute approximate surface area is 124 Å². The Hall–Kier alpha value is -0.420. The van der Waals surface area contributed by atoms with Crippen LogP contribution < -0.4 is 5.73 Å². The van der Waals surface area contributed by atoms with Crippen molar-refractivity contribution >= 4 is 15.9 Å². The van der Waals surface area contributed by atoms with Crippen LogP contribution in [0.5, 0.6) is 0 Å². The molecule has 3 nitrogen and oxygen atoms in total. The molecule has 0 amide bonds. The van der Waals surface area contributed by atoms with Crippen molar-refractivity contribution in [1.82, 2.24) is 4.90 Å². The monoisotopic (exact) mass is 326 g/mol. The second-order valence-electron chi connectivity index (χ2n) is 5.43. The van der Waals surface area contributed by atoms with Crippen molar-refractivity contribution in [2.75, 3.05) is 20.2 Å². The molecule has 106 valence electrons. The summed E-state index contributed by atoms with van der Waals surface area (Å²) in [5.41, 5.74) is 7.45. The number of rotatable bonds is 5. The van der Waals surface area contributed by atoms with Gasteiger partial charge in [-0.25, -0.2) is 0 Å². The lowest BCUT2D eigenvalue weighted by Gasteiger charge is -2.33. The quantitative estimate of drug-likeness (QED) is 0.904. The Morgan fingerprint density at radius 1 is 1.42 bits per heavy atom. The van der Waals surface area contributed by atoms with Crippen LogP contribution in [0.4, 0.5) is 0 Å². The number of nitrogens with two attached hydrogens (primary N) is 1. The molecule has 19 heavy (non-hydrogen) atoms. The molecule has 1 aromatic rings. The largest absolute Gasteiger partial charge is 0.377 e. The molecule has 0 saturated carbocycles. The number of benzene rings is 1. The van der Waals surface area contributed by atoms with Crippen molar-refractivity contribution in [2.24, 2.45) is 5.73 Å². The van der Waals surface area contributed by atoms with Crippen LogP contribution in [0.2, 0.25) is 0 Å². The van der Waals surface area contributed by atoms with Crippen LogP contribution in [0.25, 0.3) is 0 Å². The summed E-state index contributed by atoms with van der Waals surface area (Å²) < 4.78 is 6.82. The molecule has 2 rings (SSSR count). The second-order valence-corrected chi connectivity index (χ2v) is 6.35. The summed E-state index contributed by atoms with van der Waals surface area (Å²) in [5, 5.41) is 0. The van der Waals surface area contributed by atoms with E-state index in [1.54, 1.807) is 0 Å². The molecule has 2 N–H and O–H groups in total. The van der Waals surface area contributed by atoms with Crippen LogP contribution in [0.15, 0.2) is 28.7 Å². The van der Waals surface area contributed by atoms with E-state index in [1.807, 2.05) is 0 Å². The lowest BCUT2D eigenvalue weighted by molar-refractivity contribution is 0.0642. The minimum Gasteiger partial charge on any atom is -0.377 e. The molecule has 0 radical (unpaired) electrons. The minimum absolute atomic E-state index is 0.0904. The smallest absolute Gasteiger partial charge is 0.0702 e. The summed E-state index contributed by atoms with van der Waals surface area (Å²) in [6.07, 6.45) is 2.71. The van der Waals surface area contributed by atoms with Crippen molar-refractivity contribution in [3.63, 3.8) is 0 Å². The highest BCUT2D eigenvalue weighted by Crippen LogP contribution is 2.25. The molecule has 1 saturated heterocycles. The van der Waals surface area contributed by atoms with Gasteiger partial charge in [0, 0.05) is 29.7 Å². The normalized spacial score (nSPS) is 22.7. The van der Waals surface area contributed by atoms with E-state index in [9.17, 15) is 0 Å². The van der Waals surface area contributed by atoms with Gasteiger partial charge in [0.05, 0.1) is 6.10 Å². The van der Waals surface area contributed by atoms with E-state index < -0.39 is 0 Å². The number of hydrogen-bond donors (Lipinski definition) is 1.